The third-order valence-corrected chi connectivity index (χ3v) is 3.43. The van der Waals surface area contributed by atoms with Crippen LogP contribution < -0.4 is 5.32 Å². The zero-order valence-electron chi connectivity index (χ0n) is 10.6. The molecule has 2 rings (SSSR count). The van der Waals surface area contributed by atoms with Crippen molar-refractivity contribution in [3.05, 3.63) is 61.0 Å². The highest BCUT2D eigenvalue weighted by atomic mass is 127. The van der Waals surface area contributed by atoms with Crippen molar-refractivity contribution in [2.75, 3.05) is 5.32 Å². The number of hydrogen-bond acceptors (Lipinski definition) is 3. The van der Waals surface area contributed by atoms with E-state index in [1.54, 1.807) is 0 Å². The van der Waals surface area contributed by atoms with Gasteiger partial charge in [0.05, 0.1) is 10.6 Å². The lowest BCUT2D eigenvalue weighted by Crippen LogP contribution is -2.05. The molecule has 0 saturated carbocycles. The lowest BCUT2D eigenvalue weighted by Gasteiger charge is -2.11. The van der Waals surface area contributed by atoms with Crippen LogP contribution in [0.4, 0.5) is 30.2 Å². The van der Waals surface area contributed by atoms with Crippen molar-refractivity contribution in [3.8, 4) is 0 Å². The van der Waals surface area contributed by atoms with E-state index in [2.05, 4.69) is 5.32 Å². The minimum atomic E-state index is -1.43. The molecule has 0 bridgehead atoms. The van der Waals surface area contributed by atoms with Gasteiger partial charge in [0.1, 0.15) is 5.82 Å². The van der Waals surface area contributed by atoms with Crippen LogP contribution in [0.25, 0.3) is 0 Å². The Kier molecular flexibility index (Phi) is 4.35. The number of aryl methyl sites for hydroxylation is 1. The molecule has 0 fully saturated rings. The maximum absolute atomic E-state index is 13.8. The predicted molar refractivity (Wildman–Crippen MR) is 80.1 cm³/mol. The Morgan fingerprint density at radius 1 is 1.19 bits per heavy atom. The molecule has 21 heavy (non-hydrogen) atoms. The number of halogens is 4. The summed E-state index contributed by atoms with van der Waals surface area (Å²) in [6.07, 6.45) is 0. The summed E-state index contributed by atoms with van der Waals surface area (Å²) in [5.41, 5.74) is -1.57. The van der Waals surface area contributed by atoms with Gasteiger partial charge in [-0.1, -0.05) is 0 Å². The van der Waals surface area contributed by atoms with Crippen LogP contribution in [0.2, 0.25) is 0 Å². The molecule has 1 N–H and O–H groups in total. The molecule has 0 aromatic heterocycles. The predicted octanol–water partition coefficient (Wildman–Crippen LogP) is 4.67. The Hall–Kier alpha value is -1.84. The molecule has 110 valence electrons. The summed E-state index contributed by atoms with van der Waals surface area (Å²) >= 11 is 1.88. The quantitative estimate of drug-likeness (QED) is 0.457. The van der Waals surface area contributed by atoms with Gasteiger partial charge in [0.25, 0.3) is 5.69 Å². The third kappa shape index (κ3) is 3.09. The lowest BCUT2D eigenvalue weighted by molar-refractivity contribution is -0.384. The third-order valence-electron chi connectivity index (χ3n) is 2.76. The number of hydrogen-bond donors (Lipinski definition) is 1. The highest BCUT2D eigenvalue weighted by molar-refractivity contribution is 14.1. The van der Waals surface area contributed by atoms with Crippen LogP contribution in [0.3, 0.4) is 0 Å². The van der Waals surface area contributed by atoms with Crippen LogP contribution in [0, 0.1) is 38.1 Å². The van der Waals surface area contributed by atoms with E-state index in [-0.39, 0.29) is 11.3 Å². The van der Waals surface area contributed by atoms with Crippen LogP contribution in [0.5, 0.6) is 0 Å². The summed E-state index contributed by atoms with van der Waals surface area (Å²) in [6, 6.07) is 4.71. The molecule has 0 atom stereocenters. The minimum absolute atomic E-state index is 0.0627. The first-order chi connectivity index (χ1) is 9.81. The SMILES string of the molecule is Cc1cc(F)c(F)c(Nc2ccc(I)cc2F)c1[N+](=O)[O-]. The summed E-state index contributed by atoms with van der Waals surface area (Å²) in [6.45, 7) is 1.27. The van der Waals surface area contributed by atoms with Crippen molar-refractivity contribution in [2.45, 2.75) is 6.92 Å². The van der Waals surface area contributed by atoms with E-state index in [9.17, 15) is 23.3 Å². The van der Waals surface area contributed by atoms with E-state index in [0.29, 0.717) is 3.57 Å². The molecule has 0 radical (unpaired) electrons. The molecule has 0 spiro atoms. The van der Waals surface area contributed by atoms with Gasteiger partial charge in [0.15, 0.2) is 17.3 Å². The Morgan fingerprint density at radius 2 is 1.86 bits per heavy atom. The van der Waals surface area contributed by atoms with Crippen LogP contribution in [0.1, 0.15) is 5.56 Å². The second kappa shape index (κ2) is 5.88. The Morgan fingerprint density at radius 3 is 2.43 bits per heavy atom. The van der Waals surface area contributed by atoms with E-state index in [4.69, 9.17) is 0 Å². The van der Waals surface area contributed by atoms with Crippen molar-refractivity contribution < 1.29 is 18.1 Å². The number of anilines is 2. The molecule has 0 aliphatic carbocycles. The first-order valence-corrected chi connectivity index (χ1v) is 6.74. The highest BCUT2D eigenvalue weighted by Gasteiger charge is 2.25. The fourth-order valence-corrected chi connectivity index (χ4v) is 2.27. The lowest BCUT2D eigenvalue weighted by atomic mass is 10.1. The fraction of sp³-hybridized carbons (Fsp3) is 0.0769. The Labute approximate surface area is 131 Å². The smallest absolute Gasteiger partial charge is 0.298 e. The summed E-state index contributed by atoms with van der Waals surface area (Å²) in [7, 11) is 0. The van der Waals surface area contributed by atoms with Crippen molar-refractivity contribution in [2.24, 2.45) is 0 Å². The number of nitrogens with zero attached hydrogens (tertiary/aromatic N) is 1. The standard InChI is InChI=1S/C13H8F3IN2O2/c1-6-4-9(15)11(16)12(13(6)19(20)21)18-10-3-2-7(17)5-8(10)14/h2-5,18H,1H3. The molecule has 0 saturated heterocycles. The van der Waals surface area contributed by atoms with E-state index in [1.165, 1.54) is 25.1 Å². The van der Waals surface area contributed by atoms with Crippen LogP contribution in [0.15, 0.2) is 24.3 Å². The van der Waals surface area contributed by atoms with Gasteiger partial charge in [-0.25, -0.2) is 13.2 Å². The second-order valence-corrected chi connectivity index (χ2v) is 5.46. The number of benzene rings is 2. The van der Waals surface area contributed by atoms with Gasteiger partial charge in [-0.2, -0.15) is 0 Å². The molecule has 8 heteroatoms. The molecule has 0 heterocycles. The van der Waals surface area contributed by atoms with Crippen molar-refractivity contribution in [1.82, 2.24) is 0 Å². The molecular formula is C13H8F3IN2O2. The molecule has 0 unspecified atom stereocenters. The highest BCUT2D eigenvalue weighted by Crippen LogP contribution is 2.35. The summed E-state index contributed by atoms with van der Waals surface area (Å²) in [5, 5.41) is 13.3. The van der Waals surface area contributed by atoms with Gasteiger partial charge < -0.3 is 5.32 Å². The molecule has 0 aliphatic rings. The number of nitrogens with one attached hydrogen (secondary N) is 1. The summed E-state index contributed by atoms with van der Waals surface area (Å²) < 4.78 is 41.6. The van der Waals surface area contributed by atoms with Gasteiger partial charge in [-0.05, 0) is 53.8 Å². The second-order valence-electron chi connectivity index (χ2n) is 4.22. The maximum atomic E-state index is 13.8. The van der Waals surface area contributed by atoms with E-state index in [0.717, 1.165) is 6.07 Å². The van der Waals surface area contributed by atoms with E-state index >= 15 is 0 Å². The Bertz CT molecular complexity index is 738. The largest absolute Gasteiger partial charge is 0.345 e. The van der Waals surface area contributed by atoms with Crippen molar-refractivity contribution >= 4 is 39.7 Å². The number of nitro benzene ring substituents is 1. The van der Waals surface area contributed by atoms with Crippen LogP contribution in [-0.4, -0.2) is 4.92 Å². The van der Waals surface area contributed by atoms with Gasteiger partial charge in [0, 0.05) is 9.13 Å². The summed E-state index contributed by atoms with van der Waals surface area (Å²) in [4.78, 5) is 10.2. The Balaban J connectivity index is 2.60. The molecule has 2 aromatic rings. The molecular weight excluding hydrogens is 400 g/mol. The van der Waals surface area contributed by atoms with E-state index < -0.39 is 33.7 Å². The first-order valence-electron chi connectivity index (χ1n) is 5.66. The van der Waals surface area contributed by atoms with E-state index in [1.807, 2.05) is 22.6 Å². The van der Waals surface area contributed by atoms with Gasteiger partial charge in [-0.15, -0.1) is 0 Å². The van der Waals surface area contributed by atoms with Crippen molar-refractivity contribution in [1.29, 1.82) is 0 Å². The minimum Gasteiger partial charge on any atom is -0.345 e. The van der Waals surface area contributed by atoms with Crippen molar-refractivity contribution in [3.63, 3.8) is 0 Å². The fourth-order valence-electron chi connectivity index (χ4n) is 1.82. The molecule has 4 nitrogen and oxygen atoms in total. The summed E-state index contributed by atoms with van der Waals surface area (Å²) in [5.74, 6) is -3.39. The number of rotatable bonds is 3. The average molecular weight is 408 g/mol. The monoisotopic (exact) mass is 408 g/mol. The van der Waals surface area contributed by atoms with Gasteiger partial charge in [-0.3, -0.25) is 10.1 Å². The first kappa shape index (κ1) is 15.5. The maximum Gasteiger partial charge on any atom is 0.298 e. The molecule has 2 aromatic carbocycles. The normalized spacial score (nSPS) is 10.5. The number of nitro groups is 1. The van der Waals surface area contributed by atoms with Gasteiger partial charge >= 0.3 is 0 Å². The van der Waals surface area contributed by atoms with Crippen LogP contribution in [-0.2, 0) is 0 Å². The van der Waals surface area contributed by atoms with Crippen LogP contribution >= 0.6 is 22.6 Å². The molecule has 0 amide bonds. The topological polar surface area (TPSA) is 55.2 Å². The zero-order chi connectivity index (χ0) is 15.7. The molecule has 0 aliphatic heterocycles. The average Bonchev–Trinajstić information content (AvgIpc) is 2.38. The van der Waals surface area contributed by atoms with Gasteiger partial charge in [0.2, 0.25) is 0 Å². The zero-order valence-corrected chi connectivity index (χ0v) is 12.7.